The maximum Gasteiger partial charge on any atom is 0.185 e. The van der Waals surface area contributed by atoms with E-state index in [1.807, 2.05) is 19.9 Å². The van der Waals surface area contributed by atoms with Crippen molar-refractivity contribution < 1.29 is 17.6 Å². The van der Waals surface area contributed by atoms with E-state index in [0.29, 0.717) is 0 Å². The van der Waals surface area contributed by atoms with Crippen molar-refractivity contribution in [2.24, 2.45) is 0 Å². The van der Waals surface area contributed by atoms with Crippen LogP contribution in [-0.4, -0.2) is 0 Å². The highest BCUT2D eigenvalue weighted by atomic mass is 32.1. The molecule has 0 saturated heterocycles. The minimum Gasteiger partial charge on any atom is -0.374 e. The van der Waals surface area contributed by atoms with Gasteiger partial charge in [0.2, 0.25) is 0 Å². The van der Waals surface area contributed by atoms with Crippen LogP contribution in [0.1, 0.15) is 28.3 Å². The Balaban J connectivity index is 2.37. The van der Waals surface area contributed by atoms with Gasteiger partial charge >= 0.3 is 0 Å². The van der Waals surface area contributed by atoms with Crippen LogP contribution < -0.4 is 5.32 Å². The van der Waals surface area contributed by atoms with E-state index >= 15 is 0 Å². The fourth-order valence-electron chi connectivity index (χ4n) is 2.07. The van der Waals surface area contributed by atoms with Gasteiger partial charge in [0.15, 0.2) is 23.3 Å². The lowest BCUT2D eigenvalue weighted by atomic mass is 10.1. The lowest BCUT2D eigenvalue weighted by Gasteiger charge is -2.17. The maximum atomic E-state index is 13.6. The summed E-state index contributed by atoms with van der Waals surface area (Å²) in [5.41, 5.74) is 0.0641. The molecule has 0 aliphatic rings. The molecule has 0 amide bonds. The molecule has 1 aromatic heterocycles. The zero-order chi connectivity index (χ0) is 15.0. The minimum atomic E-state index is -1.42. The Morgan fingerprint density at radius 3 is 2.00 bits per heavy atom. The summed E-state index contributed by atoms with van der Waals surface area (Å²) in [6, 6.07) is 1.61. The molecule has 0 fully saturated rings. The molecule has 20 heavy (non-hydrogen) atoms. The number of halogens is 4. The first-order chi connectivity index (χ1) is 9.31. The van der Waals surface area contributed by atoms with Crippen molar-refractivity contribution in [1.82, 2.24) is 0 Å². The normalized spacial score (nSPS) is 12.6. The van der Waals surface area contributed by atoms with Crippen LogP contribution in [0.15, 0.2) is 12.1 Å². The largest absolute Gasteiger partial charge is 0.374 e. The SMILES string of the molecule is Cc1cc(C(C)Nc2c(F)c(F)cc(F)c2F)c(C)s1. The molecule has 2 rings (SSSR count). The summed E-state index contributed by atoms with van der Waals surface area (Å²) in [7, 11) is 0. The molecule has 0 aliphatic carbocycles. The van der Waals surface area contributed by atoms with Gasteiger partial charge in [-0.15, -0.1) is 11.3 Å². The summed E-state index contributed by atoms with van der Waals surface area (Å²) in [5.74, 6) is -5.67. The lowest BCUT2D eigenvalue weighted by Crippen LogP contribution is -2.11. The fourth-order valence-corrected chi connectivity index (χ4v) is 3.10. The van der Waals surface area contributed by atoms with Crippen LogP contribution in [0.2, 0.25) is 0 Å². The zero-order valence-corrected chi connectivity index (χ0v) is 12.0. The van der Waals surface area contributed by atoms with Gasteiger partial charge in [0.05, 0.1) is 0 Å². The molecule has 0 spiro atoms. The predicted octanol–water partition coefficient (Wildman–Crippen LogP) is 5.09. The van der Waals surface area contributed by atoms with Gasteiger partial charge < -0.3 is 5.32 Å². The third-order valence-electron chi connectivity index (χ3n) is 3.02. The van der Waals surface area contributed by atoms with Crippen LogP contribution in [0.4, 0.5) is 23.2 Å². The van der Waals surface area contributed by atoms with Crippen molar-refractivity contribution in [2.75, 3.05) is 5.32 Å². The first kappa shape index (κ1) is 14.8. The van der Waals surface area contributed by atoms with E-state index in [9.17, 15) is 17.6 Å². The van der Waals surface area contributed by atoms with Crippen molar-refractivity contribution in [2.45, 2.75) is 26.8 Å². The second kappa shape index (κ2) is 5.44. The van der Waals surface area contributed by atoms with Crippen molar-refractivity contribution in [1.29, 1.82) is 0 Å². The highest BCUT2D eigenvalue weighted by molar-refractivity contribution is 7.12. The highest BCUT2D eigenvalue weighted by Crippen LogP contribution is 2.31. The number of anilines is 1. The molecule has 0 bridgehead atoms. The monoisotopic (exact) mass is 303 g/mol. The highest BCUT2D eigenvalue weighted by Gasteiger charge is 2.21. The number of rotatable bonds is 3. The molecular weight excluding hydrogens is 290 g/mol. The molecular formula is C14H13F4NS. The summed E-state index contributed by atoms with van der Waals surface area (Å²) < 4.78 is 53.4. The minimum absolute atomic E-state index is 0.195. The Labute approximate surface area is 118 Å². The summed E-state index contributed by atoms with van der Waals surface area (Å²) in [5, 5.41) is 2.51. The van der Waals surface area contributed by atoms with E-state index in [1.54, 1.807) is 18.3 Å². The number of aryl methyl sites for hydroxylation is 2. The second-order valence-electron chi connectivity index (χ2n) is 4.58. The Kier molecular flexibility index (Phi) is 4.04. The lowest BCUT2D eigenvalue weighted by molar-refractivity contribution is 0.457. The Hall–Kier alpha value is -1.56. The van der Waals surface area contributed by atoms with Crippen molar-refractivity contribution in [3.63, 3.8) is 0 Å². The van der Waals surface area contributed by atoms with Gasteiger partial charge in [-0.1, -0.05) is 0 Å². The van der Waals surface area contributed by atoms with Crippen LogP contribution in [0.3, 0.4) is 0 Å². The smallest absolute Gasteiger partial charge is 0.185 e. The number of hydrogen-bond donors (Lipinski definition) is 1. The van der Waals surface area contributed by atoms with Crippen molar-refractivity contribution >= 4 is 17.0 Å². The first-order valence-electron chi connectivity index (χ1n) is 5.97. The third-order valence-corrected chi connectivity index (χ3v) is 4.00. The van der Waals surface area contributed by atoms with Gasteiger partial charge in [-0.2, -0.15) is 0 Å². The Morgan fingerprint density at radius 2 is 1.55 bits per heavy atom. The fraction of sp³-hybridized carbons (Fsp3) is 0.286. The molecule has 0 saturated carbocycles. The van der Waals surface area contributed by atoms with Gasteiger partial charge in [0.1, 0.15) is 5.69 Å². The average Bonchev–Trinajstić information content (AvgIpc) is 2.71. The summed E-state index contributed by atoms with van der Waals surface area (Å²) in [6.07, 6.45) is 0. The van der Waals surface area contributed by atoms with Gasteiger partial charge in [-0.05, 0) is 32.4 Å². The van der Waals surface area contributed by atoms with Crippen molar-refractivity contribution in [3.8, 4) is 0 Å². The molecule has 1 heterocycles. The first-order valence-corrected chi connectivity index (χ1v) is 6.79. The Morgan fingerprint density at radius 1 is 1.00 bits per heavy atom. The van der Waals surface area contributed by atoms with E-state index in [4.69, 9.17) is 0 Å². The van der Waals surface area contributed by atoms with Crippen molar-refractivity contribution in [3.05, 3.63) is 50.7 Å². The van der Waals surface area contributed by atoms with Crippen LogP contribution in [0.25, 0.3) is 0 Å². The summed E-state index contributed by atoms with van der Waals surface area (Å²) in [4.78, 5) is 2.04. The standard InChI is InChI=1S/C14H13F4NS/c1-6-4-9(8(3)20-6)7(2)19-14-12(17)10(15)5-11(16)13(14)18/h4-5,7,19H,1-3H3. The molecule has 1 nitrogen and oxygen atoms in total. The Bertz CT molecular complexity index is 625. The number of thiophene rings is 1. The third kappa shape index (κ3) is 2.65. The molecule has 0 radical (unpaired) electrons. The van der Waals surface area contributed by atoms with E-state index in [1.165, 1.54) is 0 Å². The zero-order valence-electron chi connectivity index (χ0n) is 11.2. The molecule has 0 aliphatic heterocycles. The topological polar surface area (TPSA) is 12.0 Å². The number of nitrogens with one attached hydrogen (secondary N) is 1. The van der Waals surface area contributed by atoms with Gasteiger partial charge in [-0.3, -0.25) is 0 Å². The van der Waals surface area contributed by atoms with Crippen LogP contribution in [-0.2, 0) is 0 Å². The van der Waals surface area contributed by atoms with E-state index in [2.05, 4.69) is 5.32 Å². The van der Waals surface area contributed by atoms with Gasteiger partial charge in [-0.25, -0.2) is 17.6 Å². The van der Waals surface area contributed by atoms with E-state index in [0.717, 1.165) is 15.3 Å². The van der Waals surface area contributed by atoms with E-state index < -0.39 is 35.0 Å². The maximum absolute atomic E-state index is 13.6. The molecule has 1 N–H and O–H groups in total. The predicted molar refractivity (Wildman–Crippen MR) is 72.1 cm³/mol. The molecule has 2 aromatic rings. The summed E-state index contributed by atoms with van der Waals surface area (Å²) in [6.45, 7) is 5.47. The number of benzene rings is 1. The molecule has 1 aromatic carbocycles. The van der Waals surface area contributed by atoms with Gasteiger partial charge in [0.25, 0.3) is 0 Å². The van der Waals surface area contributed by atoms with E-state index in [-0.39, 0.29) is 6.07 Å². The van der Waals surface area contributed by atoms with Crippen LogP contribution in [0, 0.1) is 37.1 Å². The second-order valence-corrected chi connectivity index (χ2v) is 6.04. The van der Waals surface area contributed by atoms with Crippen LogP contribution in [0.5, 0.6) is 0 Å². The molecule has 1 atom stereocenters. The average molecular weight is 303 g/mol. The molecule has 108 valence electrons. The molecule has 1 unspecified atom stereocenters. The summed E-state index contributed by atoms with van der Waals surface area (Å²) >= 11 is 1.55. The number of hydrogen-bond acceptors (Lipinski definition) is 2. The van der Waals surface area contributed by atoms with Crippen LogP contribution >= 0.6 is 11.3 Å². The quantitative estimate of drug-likeness (QED) is 0.615. The molecule has 6 heteroatoms. The van der Waals surface area contributed by atoms with Gasteiger partial charge in [0, 0.05) is 21.9 Å².